The summed E-state index contributed by atoms with van der Waals surface area (Å²) in [5, 5.41) is 25.0. The molecule has 0 bridgehead atoms. The van der Waals surface area contributed by atoms with Gasteiger partial charge in [-0.3, -0.25) is 14.9 Å². The highest BCUT2D eigenvalue weighted by atomic mass is 16.6. The molecule has 0 spiro atoms. The maximum Gasteiger partial charge on any atom is 0.274 e. The number of benzene rings is 3. The predicted octanol–water partition coefficient (Wildman–Crippen LogP) is 3.54. The fraction of sp³-hybridized carbons (Fsp3) is 0.0870. The molecular formula is C23H19N5O5. The van der Waals surface area contributed by atoms with E-state index < -0.39 is 10.8 Å². The van der Waals surface area contributed by atoms with Crippen molar-refractivity contribution in [2.24, 2.45) is 5.10 Å². The average molecular weight is 445 g/mol. The van der Waals surface area contributed by atoms with Crippen molar-refractivity contribution in [2.45, 2.75) is 6.42 Å². The number of nitrogens with zero attached hydrogens (tertiary/aromatic N) is 3. The van der Waals surface area contributed by atoms with Gasteiger partial charge in [0, 0.05) is 23.6 Å². The van der Waals surface area contributed by atoms with E-state index in [1.807, 2.05) is 30.3 Å². The van der Waals surface area contributed by atoms with Gasteiger partial charge in [-0.25, -0.2) is 10.4 Å². The third-order valence-electron chi connectivity index (χ3n) is 4.90. The van der Waals surface area contributed by atoms with Gasteiger partial charge in [-0.15, -0.1) is 0 Å². The van der Waals surface area contributed by atoms with Gasteiger partial charge in [0.05, 0.1) is 35.3 Å². The van der Waals surface area contributed by atoms with Crippen LogP contribution in [0.25, 0.3) is 11.0 Å². The summed E-state index contributed by atoms with van der Waals surface area (Å²) in [5.74, 6) is -0.120. The van der Waals surface area contributed by atoms with Crippen molar-refractivity contribution >= 4 is 28.8 Å². The summed E-state index contributed by atoms with van der Waals surface area (Å²) in [6.45, 7) is 0. The Morgan fingerprint density at radius 3 is 2.76 bits per heavy atom. The van der Waals surface area contributed by atoms with E-state index in [0.717, 1.165) is 35.3 Å². The van der Waals surface area contributed by atoms with Crippen LogP contribution in [0.5, 0.6) is 11.5 Å². The highest BCUT2D eigenvalue weighted by Crippen LogP contribution is 2.33. The van der Waals surface area contributed by atoms with Crippen LogP contribution in [0.2, 0.25) is 0 Å². The number of hydrogen-bond donors (Lipinski definition) is 3. The van der Waals surface area contributed by atoms with Crippen molar-refractivity contribution in [3.05, 3.63) is 93.3 Å². The summed E-state index contributed by atoms with van der Waals surface area (Å²) in [6.07, 6.45) is 1.74. The van der Waals surface area contributed by atoms with Gasteiger partial charge in [-0.1, -0.05) is 30.3 Å². The fourth-order valence-electron chi connectivity index (χ4n) is 3.28. The Bertz CT molecular complexity index is 1360. The monoisotopic (exact) mass is 445 g/mol. The lowest BCUT2D eigenvalue weighted by atomic mass is 10.1. The van der Waals surface area contributed by atoms with Gasteiger partial charge >= 0.3 is 0 Å². The lowest BCUT2D eigenvalue weighted by molar-refractivity contribution is -0.385. The second-order valence-electron chi connectivity index (χ2n) is 7.12. The standard InChI is InChI=1S/C23H19N5O5/c1-33-20-12-17(28(31)32)10-16(22(20)29)13-24-27-23(30)15-7-8-18-19(11-15)26-21(25-18)9-14-5-3-2-4-6-14/h2-8,10-13,29H,9H2,1H3,(H,25,26)(H,27,30)/b24-13-. The molecule has 0 saturated heterocycles. The molecule has 0 atom stereocenters. The molecule has 1 amide bonds. The first-order chi connectivity index (χ1) is 15.9. The van der Waals surface area contributed by atoms with Crippen LogP contribution in [0.1, 0.15) is 27.3 Å². The molecule has 10 heteroatoms. The lowest BCUT2D eigenvalue weighted by Gasteiger charge is -2.06. The highest BCUT2D eigenvalue weighted by molar-refractivity contribution is 5.98. The van der Waals surface area contributed by atoms with Crippen molar-refractivity contribution in [3.63, 3.8) is 0 Å². The molecule has 166 valence electrons. The van der Waals surface area contributed by atoms with E-state index in [1.54, 1.807) is 18.2 Å². The molecule has 3 aromatic carbocycles. The number of phenolic OH excluding ortho intramolecular Hbond substituents is 1. The molecule has 0 radical (unpaired) electrons. The lowest BCUT2D eigenvalue weighted by Crippen LogP contribution is -2.17. The zero-order chi connectivity index (χ0) is 23.4. The Hall–Kier alpha value is -4.73. The summed E-state index contributed by atoms with van der Waals surface area (Å²) in [4.78, 5) is 30.7. The number of amides is 1. The molecule has 0 fully saturated rings. The largest absolute Gasteiger partial charge is 0.504 e. The number of ether oxygens (including phenoxy) is 1. The molecule has 1 heterocycles. The second kappa shape index (κ2) is 9.18. The molecule has 0 aliphatic heterocycles. The third-order valence-corrected chi connectivity index (χ3v) is 4.90. The smallest absolute Gasteiger partial charge is 0.274 e. The summed E-state index contributed by atoms with van der Waals surface area (Å²) in [6, 6.07) is 17.1. The number of hydrogen-bond acceptors (Lipinski definition) is 7. The minimum absolute atomic E-state index is 0.0240. The number of nitro benzene ring substituents is 1. The van der Waals surface area contributed by atoms with Gasteiger partial charge in [0.1, 0.15) is 5.82 Å². The molecule has 0 saturated carbocycles. The Morgan fingerprint density at radius 2 is 2.03 bits per heavy atom. The van der Waals surface area contributed by atoms with E-state index in [1.165, 1.54) is 7.11 Å². The van der Waals surface area contributed by atoms with Gasteiger partial charge < -0.3 is 14.8 Å². The van der Waals surface area contributed by atoms with E-state index >= 15 is 0 Å². The number of phenols is 1. The number of rotatable bonds is 7. The number of fused-ring (bicyclic) bond motifs is 1. The van der Waals surface area contributed by atoms with Crippen LogP contribution in [0, 0.1) is 10.1 Å². The maximum atomic E-state index is 12.5. The molecule has 3 N–H and O–H groups in total. The maximum absolute atomic E-state index is 12.5. The number of aromatic nitrogens is 2. The van der Waals surface area contributed by atoms with Crippen LogP contribution in [-0.4, -0.2) is 39.2 Å². The Balaban J connectivity index is 1.49. The zero-order valence-corrected chi connectivity index (χ0v) is 17.5. The summed E-state index contributed by atoms with van der Waals surface area (Å²) < 4.78 is 4.94. The minimum Gasteiger partial charge on any atom is -0.504 e. The van der Waals surface area contributed by atoms with E-state index in [2.05, 4.69) is 20.5 Å². The van der Waals surface area contributed by atoms with Gasteiger partial charge in [-0.05, 0) is 23.8 Å². The third kappa shape index (κ3) is 4.79. The molecule has 4 aromatic rings. The fourth-order valence-corrected chi connectivity index (χ4v) is 3.28. The molecule has 0 aliphatic rings. The van der Waals surface area contributed by atoms with Gasteiger partial charge in [0.15, 0.2) is 11.5 Å². The number of nitrogens with one attached hydrogen (secondary N) is 2. The van der Waals surface area contributed by atoms with E-state index in [9.17, 15) is 20.0 Å². The molecule has 0 unspecified atom stereocenters. The molecule has 0 aliphatic carbocycles. The van der Waals surface area contributed by atoms with Crippen molar-refractivity contribution in [1.29, 1.82) is 0 Å². The first-order valence-corrected chi connectivity index (χ1v) is 9.86. The number of imidazole rings is 1. The topological polar surface area (TPSA) is 143 Å². The van der Waals surface area contributed by atoms with Crippen LogP contribution >= 0.6 is 0 Å². The highest BCUT2D eigenvalue weighted by Gasteiger charge is 2.16. The summed E-state index contributed by atoms with van der Waals surface area (Å²) >= 11 is 0. The predicted molar refractivity (Wildman–Crippen MR) is 122 cm³/mol. The Labute approximate surface area is 187 Å². The number of aromatic amines is 1. The number of carbonyl (C=O) groups is 1. The zero-order valence-electron chi connectivity index (χ0n) is 17.5. The molecular weight excluding hydrogens is 426 g/mol. The van der Waals surface area contributed by atoms with E-state index in [-0.39, 0.29) is 22.7 Å². The van der Waals surface area contributed by atoms with Crippen molar-refractivity contribution in [2.75, 3.05) is 7.11 Å². The van der Waals surface area contributed by atoms with Crippen molar-refractivity contribution in [1.82, 2.24) is 15.4 Å². The number of non-ortho nitro benzene ring substituents is 1. The quantitative estimate of drug-likeness (QED) is 0.226. The van der Waals surface area contributed by atoms with Gasteiger partial charge in [0.25, 0.3) is 11.6 Å². The van der Waals surface area contributed by atoms with Gasteiger partial charge in [-0.2, -0.15) is 5.10 Å². The van der Waals surface area contributed by atoms with Crippen LogP contribution in [0.3, 0.4) is 0 Å². The number of hydrazone groups is 1. The minimum atomic E-state index is -0.621. The number of H-pyrrole nitrogens is 1. The van der Waals surface area contributed by atoms with E-state index in [4.69, 9.17) is 4.74 Å². The van der Waals surface area contributed by atoms with Crippen molar-refractivity contribution in [3.8, 4) is 11.5 Å². The number of carbonyl (C=O) groups excluding carboxylic acids is 1. The average Bonchev–Trinajstić information content (AvgIpc) is 3.22. The number of nitro groups is 1. The second-order valence-corrected chi connectivity index (χ2v) is 7.12. The molecule has 4 rings (SSSR count). The van der Waals surface area contributed by atoms with Crippen molar-refractivity contribution < 1.29 is 19.6 Å². The molecule has 33 heavy (non-hydrogen) atoms. The van der Waals surface area contributed by atoms with Crippen LogP contribution < -0.4 is 10.2 Å². The summed E-state index contributed by atoms with van der Waals surface area (Å²) in [5.41, 5.74) is 4.98. The SMILES string of the molecule is COc1cc([N+](=O)[O-])cc(/C=N\NC(=O)c2ccc3nc(Cc4ccccc4)[nH]c3c2)c1O. The molecule has 10 nitrogen and oxygen atoms in total. The van der Waals surface area contributed by atoms with Crippen LogP contribution in [0.4, 0.5) is 5.69 Å². The van der Waals surface area contributed by atoms with Crippen LogP contribution in [0.15, 0.2) is 65.8 Å². The summed E-state index contributed by atoms with van der Waals surface area (Å²) in [7, 11) is 1.28. The Morgan fingerprint density at radius 1 is 1.24 bits per heavy atom. The number of aromatic hydroxyl groups is 1. The first-order valence-electron chi connectivity index (χ1n) is 9.86. The first kappa shape index (κ1) is 21.5. The normalized spacial score (nSPS) is 11.1. The number of methoxy groups -OCH3 is 1. The van der Waals surface area contributed by atoms with Crippen LogP contribution in [-0.2, 0) is 6.42 Å². The van der Waals surface area contributed by atoms with Gasteiger partial charge in [0.2, 0.25) is 0 Å². The van der Waals surface area contributed by atoms with E-state index in [0.29, 0.717) is 17.5 Å². The Kier molecular flexibility index (Phi) is 5.98. The molecule has 1 aromatic heterocycles.